The van der Waals surface area contributed by atoms with Crippen LogP contribution < -0.4 is 10.7 Å². The Labute approximate surface area is 137 Å². The van der Waals surface area contributed by atoms with Crippen LogP contribution in [0.25, 0.3) is 0 Å². The van der Waals surface area contributed by atoms with Gasteiger partial charge in [-0.15, -0.1) is 0 Å². The molecule has 0 spiro atoms. The van der Waals surface area contributed by atoms with E-state index in [0.29, 0.717) is 5.11 Å². The third-order valence-corrected chi connectivity index (χ3v) is 3.38. The van der Waals surface area contributed by atoms with E-state index in [9.17, 15) is 0 Å². The van der Waals surface area contributed by atoms with Crippen LogP contribution in [0.5, 0.6) is 0 Å². The van der Waals surface area contributed by atoms with Crippen molar-refractivity contribution in [3.63, 3.8) is 0 Å². The maximum absolute atomic E-state index is 5.19. The number of benzene rings is 2. The minimum absolute atomic E-state index is 0.162. The summed E-state index contributed by atoms with van der Waals surface area (Å²) in [4.78, 5) is 0. The Balaban J connectivity index is 1.88. The lowest BCUT2D eigenvalue weighted by Gasteiger charge is -2.18. The fraction of sp³-hybridized carbons (Fsp3) is 0.222. The van der Waals surface area contributed by atoms with Crippen molar-refractivity contribution < 1.29 is 0 Å². The van der Waals surface area contributed by atoms with E-state index in [0.717, 1.165) is 11.3 Å². The van der Waals surface area contributed by atoms with Crippen molar-refractivity contribution in [1.82, 2.24) is 5.43 Å². The topological polar surface area (TPSA) is 36.4 Å². The van der Waals surface area contributed by atoms with Gasteiger partial charge in [0.2, 0.25) is 0 Å². The Kier molecular flexibility index (Phi) is 5.28. The van der Waals surface area contributed by atoms with Crippen LogP contribution in [0.15, 0.2) is 59.7 Å². The summed E-state index contributed by atoms with van der Waals surface area (Å²) in [5.41, 5.74) is 6.25. The molecule has 4 heteroatoms. The van der Waals surface area contributed by atoms with Gasteiger partial charge in [0.15, 0.2) is 5.11 Å². The molecule has 22 heavy (non-hydrogen) atoms. The molecule has 2 N–H and O–H groups in total. The van der Waals surface area contributed by atoms with Gasteiger partial charge in [-0.05, 0) is 40.9 Å². The first kappa shape index (κ1) is 16.2. The zero-order chi connectivity index (χ0) is 16.0. The van der Waals surface area contributed by atoms with Crippen molar-refractivity contribution in [2.24, 2.45) is 5.10 Å². The molecule has 3 nitrogen and oxygen atoms in total. The number of para-hydroxylation sites is 1. The van der Waals surface area contributed by atoms with E-state index in [2.05, 4.69) is 60.9 Å². The number of anilines is 1. The summed E-state index contributed by atoms with van der Waals surface area (Å²) in [6.07, 6.45) is 1.76. The van der Waals surface area contributed by atoms with Crippen LogP contribution >= 0.6 is 12.2 Å². The van der Waals surface area contributed by atoms with Gasteiger partial charge in [0, 0.05) is 5.69 Å². The van der Waals surface area contributed by atoms with Crippen LogP contribution in [0, 0.1) is 0 Å². The van der Waals surface area contributed by atoms with Crippen LogP contribution in [0.2, 0.25) is 0 Å². The summed E-state index contributed by atoms with van der Waals surface area (Å²) in [6.45, 7) is 6.60. The van der Waals surface area contributed by atoms with E-state index in [1.807, 2.05) is 30.3 Å². The number of hydrogen-bond acceptors (Lipinski definition) is 2. The molecule has 0 aromatic heterocycles. The first-order chi connectivity index (χ1) is 10.4. The first-order valence-electron chi connectivity index (χ1n) is 7.21. The average molecular weight is 311 g/mol. The molecular formula is C18H21N3S. The van der Waals surface area contributed by atoms with Crippen molar-refractivity contribution in [1.29, 1.82) is 0 Å². The average Bonchev–Trinajstić information content (AvgIpc) is 2.48. The number of hydrazone groups is 1. The molecule has 0 saturated heterocycles. The SMILES string of the molecule is CC(C)(C)c1ccc(/C=N/NC(=S)Nc2ccccc2)cc1. The second-order valence-electron chi connectivity index (χ2n) is 6.06. The summed E-state index contributed by atoms with van der Waals surface area (Å²) in [7, 11) is 0. The van der Waals surface area contributed by atoms with Gasteiger partial charge < -0.3 is 5.32 Å². The molecule has 0 atom stereocenters. The largest absolute Gasteiger partial charge is 0.331 e. The summed E-state index contributed by atoms with van der Waals surface area (Å²) in [6, 6.07) is 18.1. The molecule has 0 heterocycles. The Morgan fingerprint density at radius 3 is 2.23 bits per heavy atom. The van der Waals surface area contributed by atoms with Crippen molar-refractivity contribution in [3.8, 4) is 0 Å². The standard InChI is InChI=1S/C18H21N3S/c1-18(2,3)15-11-9-14(10-12-15)13-19-21-17(22)20-16-7-5-4-6-8-16/h4-13H,1-3H3,(H2,20,21,22)/b19-13+. The quantitative estimate of drug-likeness (QED) is 0.504. The Hall–Kier alpha value is -2.20. The molecular weight excluding hydrogens is 290 g/mol. The minimum atomic E-state index is 0.162. The molecule has 0 amide bonds. The van der Waals surface area contributed by atoms with E-state index in [4.69, 9.17) is 12.2 Å². The van der Waals surface area contributed by atoms with E-state index in [1.165, 1.54) is 5.56 Å². The second kappa shape index (κ2) is 7.18. The van der Waals surface area contributed by atoms with Gasteiger partial charge in [0.1, 0.15) is 0 Å². The van der Waals surface area contributed by atoms with Gasteiger partial charge in [-0.1, -0.05) is 63.2 Å². The molecule has 0 aliphatic heterocycles. The fourth-order valence-electron chi connectivity index (χ4n) is 1.92. The first-order valence-corrected chi connectivity index (χ1v) is 7.61. The van der Waals surface area contributed by atoms with Gasteiger partial charge in [-0.2, -0.15) is 5.10 Å². The fourth-order valence-corrected chi connectivity index (χ4v) is 2.09. The molecule has 0 aliphatic carbocycles. The highest BCUT2D eigenvalue weighted by atomic mass is 32.1. The van der Waals surface area contributed by atoms with Gasteiger partial charge in [0.25, 0.3) is 0 Å². The molecule has 2 aromatic carbocycles. The van der Waals surface area contributed by atoms with Gasteiger partial charge in [-0.3, -0.25) is 5.43 Å². The number of nitrogens with zero attached hydrogens (tertiary/aromatic N) is 1. The van der Waals surface area contributed by atoms with Crippen molar-refractivity contribution in [3.05, 3.63) is 65.7 Å². The zero-order valence-electron chi connectivity index (χ0n) is 13.1. The lowest BCUT2D eigenvalue weighted by Crippen LogP contribution is -2.23. The molecule has 2 aromatic rings. The van der Waals surface area contributed by atoms with E-state index in [-0.39, 0.29) is 5.41 Å². The maximum Gasteiger partial charge on any atom is 0.191 e. The van der Waals surface area contributed by atoms with Crippen LogP contribution in [-0.2, 0) is 5.41 Å². The van der Waals surface area contributed by atoms with Crippen molar-refractivity contribution in [2.75, 3.05) is 5.32 Å². The smallest absolute Gasteiger partial charge is 0.191 e. The molecule has 0 saturated carbocycles. The zero-order valence-corrected chi connectivity index (χ0v) is 13.9. The number of rotatable bonds is 3. The Bertz CT molecular complexity index is 640. The minimum Gasteiger partial charge on any atom is -0.331 e. The Morgan fingerprint density at radius 1 is 1.00 bits per heavy atom. The molecule has 2 rings (SSSR count). The molecule has 0 bridgehead atoms. The van der Waals surface area contributed by atoms with Crippen LogP contribution in [0.4, 0.5) is 5.69 Å². The van der Waals surface area contributed by atoms with Gasteiger partial charge in [0.05, 0.1) is 6.21 Å². The van der Waals surface area contributed by atoms with Crippen LogP contribution in [0.3, 0.4) is 0 Å². The van der Waals surface area contributed by atoms with Gasteiger partial charge in [-0.25, -0.2) is 0 Å². The van der Waals surface area contributed by atoms with E-state index >= 15 is 0 Å². The van der Waals surface area contributed by atoms with Gasteiger partial charge >= 0.3 is 0 Å². The summed E-state index contributed by atoms with van der Waals surface area (Å²) in [5.74, 6) is 0. The highest BCUT2D eigenvalue weighted by Gasteiger charge is 2.12. The monoisotopic (exact) mass is 311 g/mol. The highest BCUT2D eigenvalue weighted by molar-refractivity contribution is 7.80. The third-order valence-electron chi connectivity index (χ3n) is 3.19. The summed E-state index contributed by atoms with van der Waals surface area (Å²) < 4.78 is 0. The van der Waals surface area contributed by atoms with E-state index in [1.54, 1.807) is 6.21 Å². The van der Waals surface area contributed by atoms with Crippen molar-refractivity contribution >= 4 is 29.2 Å². The summed E-state index contributed by atoms with van der Waals surface area (Å²) >= 11 is 5.19. The van der Waals surface area contributed by atoms with Crippen molar-refractivity contribution in [2.45, 2.75) is 26.2 Å². The lowest BCUT2D eigenvalue weighted by atomic mass is 9.87. The third kappa shape index (κ3) is 4.97. The molecule has 0 radical (unpaired) electrons. The lowest BCUT2D eigenvalue weighted by molar-refractivity contribution is 0.590. The molecule has 114 valence electrons. The molecule has 0 unspecified atom stereocenters. The number of thiocarbonyl (C=S) groups is 1. The highest BCUT2D eigenvalue weighted by Crippen LogP contribution is 2.21. The predicted molar refractivity (Wildman–Crippen MR) is 98.5 cm³/mol. The number of nitrogens with one attached hydrogen (secondary N) is 2. The number of hydrogen-bond donors (Lipinski definition) is 2. The summed E-state index contributed by atoms with van der Waals surface area (Å²) in [5, 5.41) is 7.68. The van der Waals surface area contributed by atoms with E-state index < -0.39 is 0 Å². The molecule has 0 aliphatic rings. The van der Waals surface area contributed by atoms with Crippen LogP contribution in [0.1, 0.15) is 31.9 Å². The predicted octanol–water partition coefficient (Wildman–Crippen LogP) is 4.30. The normalized spacial score (nSPS) is 11.4. The molecule has 0 fully saturated rings. The van der Waals surface area contributed by atoms with Crippen LogP contribution in [-0.4, -0.2) is 11.3 Å². The second-order valence-corrected chi connectivity index (χ2v) is 6.47. The maximum atomic E-state index is 5.19. The Morgan fingerprint density at radius 2 is 1.64 bits per heavy atom.